The van der Waals surface area contributed by atoms with Gasteiger partial charge >= 0.3 is 0 Å². The lowest BCUT2D eigenvalue weighted by molar-refractivity contribution is -0.112. The summed E-state index contributed by atoms with van der Waals surface area (Å²) in [7, 11) is 0. The highest BCUT2D eigenvalue weighted by Crippen LogP contribution is 2.26. The highest BCUT2D eigenvalue weighted by Gasteiger charge is 2.12. The molecule has 0 aliphatic heterocycles. The van der Waals surface area contributed by atoms with Gasteiger partial charge in [0.05, 0.1) is 6.61 Å². The monoisotopic (exact) mass is 496 g/mol. The number of benzene rings is 2. The minimum atomic E-state index is -0.457. The summed E-state index contributed by atoms with van der Waals surface area (Å²) in [4.78, 5) is 12.3. The standard InChI is InChI=1S/C18H14BrIN2O2/c1-2-24-17-8-3-14(19)10-12(17)9-13(11-21)18(23)22-16-6-4-15(20)5-7-16/h3-10H,2H2,1H3,(H,22,23)/b13-9-. The number of carbonyl (C=O) groups excluding carboxylic acids is 1. The first-order valence-corrected chi connectivity index (χ1v) is 9.01. The number of carbonyl (C=O) groups is 1. The van der Waals surface area contributed by atoms with Gasteiger partial charge in [0.2, 0.25) is 0 Å². The van der Waals surface area contributed by atoms with Gasteiger partial charge < -0.3 is 10.1 Å². The molecule has 1 amide bonds. The van der Waals surface area contributed by atoms with Crippen molar-refractivity contribution in [2.45, 2.75) is 6.92 Å². The number of nitrogens with one attached hydrogen (secondary N) is 1. The minimum Gasteiger partial charge on any atom is -0.493 e. The first-order chi connectivity index (χ1) is 11.5. The molecule has 0 unspecified atom stereocenters. The Morgan fingerprint density at radius 2 is 2.04 bits per heavy atom. The Kier molecular flexibility index (Phi) is 6.82. The van der Waals surface area contributed by atoms with Crippen LogP contribution in [0.5, 0.6) is 5.75 Å². The number of amides is 1. The van der Waals surface area contributed by atoms with E-state index in [1.165, 1.54) is 6.08 Å². The summed E-state index contributed by atoms with van der Waals surface area (Å²) in [5.41, 5.74) is 1.31. The van der Waals surface area contributed by atoms with E-state index in [9.17, 15) is 10.1 Å². The molecule has 0 saturated heterocycles. The molecule has 24 heavy (non-hydrogen) atoms. The van der Waals surface area contributed by atoms with Gasteiger partial charge in [-0.2, -0.15) is 5.26 Å². The molecule has 4 nitrogen and oxygen atoms in total. The van der Waals surface area contributed by atoms with Crippen molar-refractivity contribution in [3.63, 3.8) is 0 Å². The second-order valence-corrected chi connectivity index (χ2v) is 6.91. The van der Waals surface area contributed by atoms with Crippen LogP contribution in [0.25, 0.3) is 6.08 Å². The van der Waals surface area contributed by atoms with E-state index in [1.807, 2.05) is 31.2 Å². The molecule has 0 aliphatic rings. The van der Waals surface area contributed by atoms with Gasteiger partial charge in [-0.1, -0.05) is 15.9 Å². The molecule has 0 spiro atoms. The normalized spacial score (nSPS) is 10.8. The predicted molar refractivity (Wildman–Crippen MR) is 107 cm³/mol. The first kappa shape index (κ1) is 18.5. The van der Waals surface area contributed by atoms with E-state index in [-0.39, 0.29) is 5.57 Å². The van der Waals surface area contributed by atoms with Crippen molar-refractivity contribution in [2.75, 3.05) is 11.9 Å². The van der Waals surface area contributed by atoms with Crippen molar-refractivity contribution in [1.29, 1.82) is 5.26 Å². The summed E-state index contributed by atoms with van der Waals surface area (Å²) in [6.07, 6.45) is 1.53. The fraction of sp³-hybridized carbons (Fsp3) is 0.111. The number of hydrogen-bond acceptors (Lipinski definition) is 3. The largest absolute Gasteiger partial charge is 0.493 e. The molecule has 2 aromatic rings. The fourth-order valence-corrected chi connectivity index (χ4v) is 2.69. The van der Waals surface area contributed by atoms with Gasteiger partial charge in [-0.05, 0) is 78.1 Å². The van der Waals surface area contributed by atoms with Gasteiger partial charge in [0.25, 0.3) is 5.91 Å². The molecule has 0 atom stereocenters. The number of nitriles is 1. The van der Waals surface area contributed by atoms with Crippen molar-refractivity contribution < 1.29 is 9.53 Å². The molecule has 6 heteroatoms. The van der Waals surface area contributed by atoms with E-state index >= 15 is 0 Å². The molecule has 122 valence electrons. The van der Waals surface area contributed by atoms with Crippen LogP contribution in [0.15, 0.2) is 52.5 Å². The van der Waals surface area contributed by atoms with E-state index in [4.69, 9.17) is 4.74 Å². The second kappa shape index (κ2) is 8.85. The van der Waals surface area contributed by atoms with Gasteiger partial charge in [-0.3, -0.25) is 4.79 Å². The quantitative estimate of drug-likeness (QED) is 0.360. The summed E-state index contributed by atoms with van der Waals surface area (Å²) in [6, 6.07) is 14.7. The third-order valence-electron chi connectivity index (χ3n) is 3.04. The van der Waals surface area contributed by atoms with Crippen LogP contribution in [0.4, 0.5) is 5.69 Å². The van der Waals surface area contributed by atoms with E-state index < -0.39 is 5.91 Å². The summed E-state index contributed by atoms with van der Waals surface area (Å²) >= 11 is 5.57. The summed E-state index contributed by atoms with van der Waals surface area (Å²) in [5.74, 6) is 0.164. The second-order valence-electron chi connectivity index (χ2n) is 4.75. The molecule has 0 aliphatic carbocycles. The lowest BCUT2D eigenvalue weighted by atomic mass is 10.1. The molecule has 1 N–H and O–H groups in total. The summed E-state index contributed by atoms with van der Waals surface area (Å²) in [6.45, 7) is 2.38. The smallest absolute Gasteiger partial charge is 0.266 e. The van der Waals surface area contributed by atoms with Crippen LogP contribution in [0.3, 0.4) is 0 Å². The number of hydrogen-bond donors (Lipinski definition) is 1. The third-order valence-corrected chi connectivity index (χ3v) is 4.25. The number of anilines is 1. The van der Waals surface area contributed by atoms with E-state index in [0.29, 0.717) is 23.6 Å². The number of ether oxygens (including phenoxy) is 1. The van der Waals surface area contributed by atoms with Crippen molar-refractivity contribution in [3.05, 3.63) is 61.6 Å². The molecule has 2 aromatic carbocycles. The molecule has 0 saturated carbocycles. The topological polar surface area (TPSA) is 62.1 Å². The number of halogens is 2. The zero-order valence-corrected chi connectivity index (χ0v) is 16.6. The highest BCUT2D eigenvalue weighted by atomic mass is 127. The third kappa shape index (κ3) is 5.08. The average molecular weight is 497 g/mol. The van der Waals surface area contributed by atoms with Crippen LogP contribution in [-0.2, 0) is 4.79 Å². The Morgan fingerprint density at radius 3 is 2.67 bits per heavy atom. The van der Waals surface area contributed by atoms with Crippen LogP contribution in [0.2, 0.25) is 0 Å². The predicted octanol–water partition coefficient (Wildman–Crippen LogP) is 5.00. The highest BCUT2D eigenvalue weighted by molar-refractivity contribution is 14.1. The molecular formula is C18H14BrIN2O2. The van der Waals surface area contributed by atoms with Crippen LogP contribution >= 0.6 is 38.5 Å². The van der Waals surface area contributed by atoms with E-state index in [2.05, 4.69) is 43.8 Å². The molecule has 0 heterocycles. The Labute approximate surface area is 162 Å². The Hall–Kier alpha value is -1.85. The van der Waals surface area contributed by atoms with E-state index in [1.54, 1.807) is 24.3 Å². The maximum Gasteiger partial charge on any atom is 0.266 e. The van der Waals surface area contributed by atoms with Crippen molar-refractivity contribution in [1.82, 2.24) is 0 Å². The molecule has 2 rings (SSSR count). The summed E-state index contributed by atoms with van der Waals surface area (Å²) in [5, 5.41) is 12.1. The maximum atomic E-state index is 12.3. The van der Waals surface area contributed by atoms with E-state index in [0.717, 1.165) is 8.04 Å². The van der Waals surface area contributed by atoms with Gasteiger partial charge in [0, 0.05) is 19.3 Å². The lowest BCUT2D eigenvalue weighted by Crippen LogP contribution is -2.13. The van der Waals surface area contributed by atoms with Gasteiger partial charge in [-0.25, -0.2) is 0 Å². The van der Waals surface area contributed by atoms with Gasteiger partial charge in [0.15, 0.2) is 0 Å². The van der Waals surface area contributed by atoms with Gasteiger partial charge in [-0.15, -0.1) is 0 Å². The molecule has 0 fully saturated rings. The Morgan fingerprint density at radius 1 is 1.33 bits per heavy atom. The zero-order valence-electron chi connectivity index (χ0n) is 12.8. The van der Waals surface area contributed by atoms with Crippen LogP contribution in [0, 0.1) is 14.9 Å². The van der Waals surface area contributed by atoms with Crippen LogP contribution < -0.4 is 10.1 Å². The van der Waals surface area contributed by atoms with Crippen LogP contribution in [0.1, 0.15) is 12.5 Å². The number of nitrogens with zero attached hydrogens (tertiary/aromatic N) is 1. The molecule has 0 bridgehead atoms. The molecule has 0 aromatic heterocycles. The number of rotatable bonds is 5. The Bertz CT molecular complexity index is 811. The van der Waals surface area contributed by atoms with Crippen LogP contribution in [-0.4, -0.2) is 12.5 Å². The first-order valence-electron chi connectivity index (χ1n) is 7.14. The zero-order chi connectivity index (χ0) is 17.5. The SMILES string of the molecule is CCOc1ccc(Br)cc1/C=C(/C#N)C(=O)Nc1ccc(I)cc1. The Balaban J connectivity index is 2.28. The molecular weight excluding hydrogens is 483 g/mol. The fourth-order valence-electron chi connectivity index (χ4n) is 1.95. The van der Waals surface area contributed by atoms with Gasteiger partial charge in [0.1, 0.15) is 17.4 Å². The minimum absolute atomic E-state index is 0.00704. The molecule has 0 radical (unpaired) electrons. The lowest BCUT2D eigenvalue weighted by Gasteiger charge is -2.09. The van der Waals surface area contributed by atoms with Crippen molar-refractivity contribution >= 4 is 56.2 Å². The average Bonchev–Trinajstić information content (AvgIpc) is 2.57. The van der Waals surface area contributed by atoms with Crippen molar-refractivity contribution in [2.24, 2.45) is 0 Å². The maximum absolute atomic E-state index is 12.3. The summed E-state index contributed by atoms with van der Waals surface area (Å²) < 4.78 is 7.45. The van der Waals surface area contributed by atoms with Crippen molar-refractivity contribution in [3.8, 4) is 11.8 Å².